The summed E-state index contributed by atoms with van der Waals surface area (Å²) in [7, 11) is 0. The zero-order valence-electron chi connectivity index (χ0n) is 14.5. The molecule has 0 bridgehead atoms. The van der Waals surface area contributed by atoms with Gasteiger partial charge in [0.25, 0.3) is 5.89 Å². The van der Waals surface area contributed by atoms with Crippen molar-refractivity contribution >= 4 is 0 Å². The molecule has 0 aliphatic heterocycles. The van der Waals surface area contributed by atoms with Crippen molar-refractivity contribution in [3.63, 3.8) is 0 Å². The van der Waals surface area contributed by atoms with Crippen molar-refractivity contribution < 1.29 is 22.3 Å². The molecule has 1 atom stereocenters. The predicted molar refractivity (Wildman–Crippen MR) is 84.3 cm³/mol. The van der Waals surface area contributed by atoms with Crippen LogP contribution in [0.25, 0.3) is 11.6 Å². The SMILES string of the molecule is CC(C)(C)c1nnc(-c2cc(O[C@@](C)(F)C(F)F)c(C3CC3)cn2)o1. The first-order valence-electron chi connectivity index (χ1n) is 8.08. The maximum atomic E-state index is 14.0. The van der Waals surface area contributed by atoms with Crippen LogP contribution in [0.3, 0.4) is 0 Å². The van der Waals surface area contributed by atoms with Gasteiger partial charge in [0.2, 0.25) is 5.89 Å². The van der Waals surface area contributed by atoms with Crippen molar-refractivity contribution in [2.24, 2.45) is 0 Å². The van der Waals surface area contributed by atoms with Crippen molar-refractivity contribution in [1.29, 1.82) is 0 Å². The molecule has 1 fully saturated rings. The molecule has 2 aromatic rings. The lowest BCUT2D eigenvalue weighted by molar-refractivity contribution is -0.153. The number of hydrogen-bond donors (Lipinski definition) is 0. The van der Waals surface area contributed by atoms with Crippen LogP contribution in [0.5, 0.6) is 5.75 Å². The van der Waals surface area contributed by atoms with E-state index in [-0.39, 0.29) is 28.7 Å². The number of ether oxygens (including phenoxy) is 1. The van der Waals surface area contributed by atoms with Crippen LogP contribution in [-0.2, 0) is 5.41 Å². The minimum absolute atomic E-state index is 0.0355. The Kier molecular flexibility index (Phi) is 4.25. The average molecular weight is 355 g/mol. The zero-order valence-corrected chi connectivity index (χ0v) is 14.5. The van der Waals surface area contributed by atoms with Crippen LogP contribution in [0.15, 0.2) is 16.7 Å². The van der Waals surface area contributed by atoms with Crippen molar-refractivity contribution in [3.8, 4) is 17.3 Å². The number of rotatable bonds is 5. The summed E-state index contributed by atoms with van der Waals surface area (Å²) in [5, 5.41) is 7.91. The van der Waals surface area contributed by atoms with Crippen LogP contribution in [0.1, 0.15) is 57.9 Å². The molecule has 0 saturated heterocycles. The summed E-state index contributed by atoms with van der Waals surface area (Å²) in [6, 6.07) is 1.38. The molecule has 5 nitrogen and oxygen atoms in total. The molecule has 3 rings (SSSR count). The van der Waals surface area contributed by atoms with Gasteiger partial charge in [-0.3, -0.25) is 4.98 Å². The minimum atomic E-state index is -3.27. The van der Waals surface area contributed by atoms with Crippen molar-refractivity contribution in [2.75, 3.05) is 0 Å². The Morgan fingerprint density at radius 2 is 1.88 bits per heavy atom. The molecule has 136 valence electrons. The average Bonchev–Trinajstić information content (AvgIpc) is 3.21. The molecule has 0 spiro atoms. The fourth-order valence-electron chi connectivity index (χ4n) is 2.24. The molecule has 0 aromatic carbocycles. The first-order chi connectivity index (χ1) is 11.6. The van der Waals surface area contributed by atoms with E-state index < -0.39 is 12.3 Å². The van der Waals surface area contributed by atoms with Crippen LogP contribution in [0.4, 0.5) is 13.2 Å². The Morgan fingerprint density at radius 3 is 2.40 bits per heavy atom. The van der Waals surface area contributed by atoms with Gasteiger partial charge in [-0.05, 0) is 18.8 Å². The molecule has 1 aliphatic rings. The molecular weight excluding hydrogens is 335 g/mol. The second-order valence-corrected chi connectivity index (χ2v) is 7.43. The monoisotopic (exact) mass is 355 g/mol. The first kappa shape index (κ1) is 17.7. The highest BCUT2D eigenvalue weighted by Gasteiger charge is 2.39. The molecule has 2 heterocycles. The lowest BCUT2D eigenvalue weighted by Gasteiger charge is -2.23. The predicted octanol–water partition coefficient (Wildman–Crippen LogP) is 4.64. The van der Waals surface area contributed by atoms with Gasteiger partial charge >= 0.3 is 12.3 Å². The lowest BCUT2D eigenvalue weighted by Crippen LogP contribution is -2.35. The summed E-state index contributed by atoms with van der Waals surface area (Å²) in [4.78, 5) is 4.25. The van der Waals surface area contributed by atoms with Crippen LogP contribution < -0.4 is 4.74 Å². The van der Waals surface area contributed by atoms with Crippen LogP contribution in [0.2, 0.25) is 0 Å². The highest BCUT2D eigenvalue weighted by Crippen LogP contribution is 2.46. The fraction of sp³-hybridized carbons (Fsp3) is 0.588. The third-order valence-corrected chi connectivity index (χ3v) is 3.90. The number of alkyl halides is 3. The molecule has 2 aromatic heterocycles. The maximum Gasteiger partial charge on any atom is 0.306 e. The van der Waals surface area contributed by atoms with Crippen molar-refractivity contribution in [1.82, 2.24) is 15.2 Å². The van der Waals surface area contributed by atoms with Crippen molar-refractivity contribution in [3.05, 3.63) is 23.7 Å². The van der Waals surface area contributed by atoms with E-state index in [0.29, 0.717) is 18.4 Å². The van der Waals surface area contributed by atoms with E-state index in [1.807, 2.05) is 20.8 Å². The van der Waals surface area contributed by atoms with Gasteiger partial charge in [-0.2, -0.15) is 4.39 Å². The summed E-state index contributed by atoms with van der Waals surface area (Å²) >= 11 is 0. The van der Waals surface area contributed by atoms with Gasteiger partial charge < -0.3 is 9.15 Å². The van der Waals surface area contributed by atoms with Crippen LogP contribution in [0, 0.1) is 0 Å². The molecule has 1 saturated carbocycles. The smallest absolute Gasteiger partial charge is 0.306 e. The van der Waals surface area contributed by atoms with Gasteiger partial charge in [0.1, 0.15) is 11.4 Å². The third-order valence-electron chi connectivity index (χ3n) is 3.90. The Balaban J connectivity index is 1.97. The molecule has 0 amide bonds. The summed E-state index contributed by atoms with van der Waals surface area (Å²) in [5.41, 5.74) is 0.530. The van der Waals surface area contributed by atoms with Gasteiger partial charge in [-0.25, -0.2) is 8.78 Å². The number of aromatic nitrogens is 3. The molecule has 8 heteroatoms. The molecule has 25 heavy (non-hydrogen) atoms. The molecule has 0 radical (unpaired) electrons. The van der Waals surface area contributed by atoms with E-state index >= 15 is 0 Å². The molecule has 0 N–H and O–H groups in total. The van der Waals surface area contributed by atoms with Gasteiger partial charge in [-0.1, -0.05) is 20.8 Å². The standard InChI is InChI=1S/C17H20F3N3O2/c1-16(2,3)15-23-22-13(24-15)11-7-12(25-17(4,20)14(18)19)10(8-21-11)9-5-6-9/h7-9,14H,5-6H2,1-4H3/t17-/m1/s1. The Morgan fingerprint density at radius 1 is 1.20 bits per heavy atom. The van der Waals surface area contributed by atoms with Gasteiger partial charge in [0.05, 0.1) is 0 Å². The number of halogens is 3. The summed E-state index contributed by atoms with van der Waals surface area (Å²) in [6.07, 6.45) is 0.0189. The van der Waals surface area contributed by atoms with Gasteiger partial charge in [0.15, 0.2) is 0 Å². The van der Waals surface area contributed by atoms with E-state index in [9.17, 15) is 13.2 Å². The van der Waals surface area contributed by atoms with E-state index in [4.69, 9.17) is 9.15 Å². The number of nitrogens with zero attached hydrogens (tertiary/aromatic N) is 3. The Bertz CT molecular complexity index is 765. The highest BCUT2D eigenvalue weighted by molar-refractivity contribution is 5.53. The first-order valence-corrected chi connectivity index (χ1v) is 8.08. The van der Waals surface area contributed by atoms with Gasteiger partial charge in [0, 0.05) is 30.2 Å². The zero-order chi connectivity index (χ0) is 18.4. The lowest BCUT2D eigenvalue weighted by atomic mass is 9.97. The van der Waals surface area contributed by atoms with E-state index in [1.165, 1.54) is 12.3 Å². The van der Waals surface area contributed by atoms with E-state index in [1.54, 1.807) is 0 Å². The summed E-state index contributed by atoms with van der Waals surface area (Å²) in [6.45, 7) is 6.46. The minimum Gasteiger partial charge on any atom is -0.452 e. The number of hydrogen-bond acceptors (Lipinski definition) is 5. The van der Waals surface area contributed by atoms with Crippen molar-refractivity contribution in [2.45, 2.75) is 64.1 Å². The maximum absolute atomic E-state index is 14.0. The fourth-order valence-corrected chi connectivity index (χ4v) is 2.24. The Hall–Kier alpha value is -2.12. The summed E-state index contributed by atoms with van der Waals surface area (Å²) < 4.78 is 50.3. The second-order valence-electron chi connectivity index (χ2n) is 7.43. The normalized spacial score (nSPS) is 17.6. The summed E-state index contributed by atoms with van der Waals surface area (Å²) in [5.74, 6) is -2.35. The Labute approximate surface area is 143 Å². The molecule has 0 unspecified atom stereocenters. The van der Waals surface area contributed by atoms with E-state index in [0.717, 1.165) is 12.8 Å². The van der Waals surface area contributed by atoms with Crippen LogP contribution >= 0.6 is 0 Å². The van der Waals surface area contributed by atoms with Crippen LogP contribution in [-0.4, -0.2) is 27.5 Å². The number of pyridine rings is 1. The second kappa shape index (κ2) is 6.00. The molecular formula is C17H20F3N3O2. The highest BCUT2D eigenvalue weighted by atomic mass is 19.3. The largest absolute Gasteiger partial charge is 0.452 e. The molecule has 1 aliphatic carbocycles. The van der Waals surface area contributed by atoms with E-state index in [2.05, 4.69) is 15.2 Å². The quantitative estimate of drug-likeness (QED) is 0.782. The topological polar surface area (TPSA) is 61.0 Å². The third kappa shape index (κ3) is 3.77. The van der Waals surface area contributed by atoms with Gasteiger partial charge in [-0.15, -0.1) is 10.2 Å².